The number of sulfonamides is 1. The molecule has 0 saturated carbocycles. The van der Waals surface area contributed by atoms with Gasteiger partial charge in [-0.05, 0) is 49.2 Å². The van der Waals surface area contributed by atoms with Gasteiger partial charge in [0.1, 0.15) is 0 Å². The second-order valence-corrected chi connectivity index (χ2v) is 7.26. The Balaban J connectivity index is 2.10. The van der Waals surface area contributed by atoms with Crippen LogP contribution in [-0.4, -0.2) is 26.4 Å². The lowest BCUT2D eigenvalue weighted by Gasteiger charge is -2.25. The molecule has 0 fully saturated rings. The number of nitrogens with zero attached hydrogens (tertiary/aromatic N) is 1. The van der Waals surface area contributed by atoms with Gasteiger partial charge in [0.05, 0.1) is 10.9 Å². The Hall–Kier alpha value is -2.38. The molecule has 2 aromatic carbocycles. The summed E-state index contributed by atoms with van der Waals surface area (Å²) in [5.74, 6) is 0. The summed E-state index contributed by atoms with van der Waals surface area (Å²) >= 11 is 0. The molecule has 0 unspecified atom stereocenters. The lowest BCUT2D eigenvalue weighted by molar-refractivity contribution is 0.208. The van der Waals surface area contributed by atoms with Crippen LogP contribution in [0.4, 0.5) is 10.5 Å². The number of carbonyl (C=O) groups excluding carboxylic acids is 1. The number of benzene rings is 2. The minimum atomic E-state index is -3.72. The van der Waals surface area contributed by atoms with Crippen LogP contribution < -0.4 is 10.5 Å². The summed E-state index contributed by atoms with van der Waals surface area (Å²) < 4.78 is 22.6. The molecule has 0 saturated heterocycles. The molecule has 0 radical (unpaired) electrons. The van der Waals surface area contributed by atoms with Crippen LogP contribution in [0.3, 0.4) is 0 Å². The van der Waals surface area contributed by atoms with Crippen LogP contribution in [0.2, 0.25) is 0 Å². The highest BCUT2D eigenvalue weighted by atomic mass is 32.2. The first kappa shape index (κ1) is 18.0. The highest BCUT2D eigenvalue weighted by Crippen LogP contribution is 2.21. The summed E-state index contributed by atoms with van der Waals surface area (Å²) in [7, 11) is -2.04. The van der Waals surface area contributed by atoms with Crippen LogP contribution in [0.1, 0.15) is 24.1 Å². The van der Waals surface area contributed by atoms with Gasteiger partial charge in [-0.15, -0.1) is 0 Å². The van der Waals surface area contributed by atoms with E-state index in [9.17, 15) is 13.2 Å². The van der Waals surface area contributed by atoms with Gasteiger partial charge in [-0.25, -0.2) is 18.4 Å². The lowest BCUT2D eigenvalue weighted by Crippen LogP contribution is -2.33. The monoisotopic (exact) mass is 347 g/mol. The number of nitrogens with two attached hydrogens (primary N) is 1. The largest absolute Gasteiger partial charge is 0.322 e. The zero-order valence-corrected chi connectivity index (χ0v) is 14.7. The first-order valence-corrected chi connectivity index (χ1v) is 8.96. The van der Waals surface area contributed by atoms with Crippen LogP contribution in [0.15, 0.2) is 53.4 Å². The summed E-state index contributed by atoms with van der Waals surface area (Å²) in [6.45, 7) is 3.82. The first-order chi connectivity index (χ1) is 11.2. The van der Waals surface area contributed by atoms with Crippen molar-refractivity contribution in [3.63, 3.8) is 0 Å². The lowest BCUT2D eigenvalue weighted by atomic mass is 10.1. The number of carbonyl (C=O) groups is 1. The van der Waals surface area contributed by atoms with Crippen LogP contribution in [0.5, 0.6) is 0 Å². The Bertz CT molecular complexity index is 832. The highest BCUT2D eigenvalue weighted by Gasteiger charge is 2.18. The van der Waals surface area contributed by atoms with Gasteiger partial charge < -0.3 is 10.2 Å². The van der Waals surface area contributed by atoms with Crippen LogP contribution in [0, 0.1) is 6.92 Å². The van der Waals surface area contributed by atoms with E-state index in [4.69, 9.17) is 5.14 Å². The van der Waals surface area contributed by atoms with E-state index in [0.29, 0.717) is 0 Å². The zero-order valence-electron chi connectivity index (χ0n) is 13.9. The van der Waals surface area contributed by atoms with Crippen LogP contribution in [0.25, 0.3) is 0 Å². The summed E-state index contributed by atoms with van der Waals surface area (Å²) in [5, 5.41) is 7.93. The molecular weight excluding hydrogens is 326 g/mol. The molecule has 0 bridgehead atoms. The fraction of sp³-hybridized carbons (Fsp3) is 0.235. The van der Waals surface area contributed by atoms with Crippen molar-refractivity contribution in [2.75, 3.05) is 12.4 Å². The van der Waals surface area contributed by atoms with E-state index < -0.39 is 10.0 Å². The van der Waals surface area contributed by atoms with Crippen molar-refractivity contribution in [2.24, 2.45) is 5.14 Å². The Kier molecular flexibility index (Phi) is 5.26. The van der Waals surface area contributed by atoms with E-state index >= 15 is 0 Å². The van der Waals surface area contributed by atoms with Crippen molar-refractivity contribution in [2.45, 2.75) is 24.8 Å². The van der Waals surface area contributed by atoms with Crippen molar-refractivity contribution in [3.8, 4) is 0 Å². The summed E-state index contributed by atoms with van der Waals surface area (Å²) in [6, 6.07) is 13.2. The van der Waals surface area contributed by atoms with Gasteiger partial charge in [-0.1, -0.05) is 24.3 Å². The van der Waals surface area contributed by atoms with Crippen molar-refractivity contribution < 1.29 is 13.2 Å². The number of hydrogen-bond acceptors (Lipinski definition) is 3. The highest BCUT2D eigenvalue weighted by molar-refractivity contribution is 7.89. The molecule has 0 aliphatic carbocycles. The van der Waals surface area contributed by atoms with E-state index in [2.05, 4.69) is 5.32 Å². The molecule has 0 heterocycles. The third kappa shape index (κ3) is 4.33. The number of primary sulfonamides is 1. The van der Waals surface area contributed by atoms with E-state index in [1.165, 1.54) is 12.1 Å². The second kappa shape index (κ2) is 7.02. The molecule has 0 aromatic heterocycles. The number of urea groups is 1. The molecule has 24 heavy (non-hydrogen) atoms. The predicted molar refractivity (Wildman–Crippen MR) is 94.2 cm³/mol. The normalized spacial score (nSPS) is 12.5. The molecular formula is C17H21N3O3S. The SMILES string of the molecule is Cc1cccc(NC(=O)N(C)[C@H](C)c2ccc(S(N)(=O)=O)cc2)c1. The van der Waals surface area contributed by atoms with E-state index in [1.54, 1.807) is 24.1 Å². The first-order valence-electron chi connectivity index (χ1n) is 7.42. The molecule has 2 aromatic rings. The second-order valence-electron chi connectivity index (χ2n) is 5.70. The van der Waals surface area contributed by atoms with Gasteiger partial charge in [-0.2, -0.15) is 0 Å². The number of amides is 2. The number of anilines is 1. The minimum Gasteiger partial charge on any atom is -0.321 e. The van der Waals surface area contributed by atoms with Gasteiger partial charge in [0, 0.05) is 12.7 Å². The fourth-order valence-electron chi connectivity index (χ4n) is 2.27. The Labute approximate surface area is 142 Å². The molecule has 2 amide bonds. The molecule has 3 N–H and O–H groups in total. The average molecular weight is 347 g/mol. The maximum Gasteiger partial charge on any atom is 0.322 e. The molecule has 0 spiro atoms. The van der Waals surface area contributed by atoms with Crippen LogP contribution >= 0.6 is 0 Å². The summed E-state index contributed by atoms with van der Waals surface area (Å²) in [5.41, 5.74) is 2.59. The molecule has 0 aliphatic rings. The number of hydrogen-bond donors (Lipinski definition) is 2. The van der Waals surface area contributed by atoms with Gasteiger partial charge in [0.15, 0.2) is 0 Å². The fourth-order valence-corrected chi connectivity index (χ4v) is 2.79. The van der Waals surface area contributed by atoms with Gasteiger partial charge in [0.2, 0.25) is 10.0 Å². The molecule has 1 atom stereocenters. The summed E-state index contributed by atoms with van der Waals surface area (Å²) in [4.78, 5) is 14.0. The number of rotatable bonds is 4. The summed E-state index contributed by atoms with van der Waals surface area (Å²) in [6.07, 6.45) is 0. The molecule has 128 valence electrons. The predicted octanol–water partition coefficient (Wildman–Crippen LogP) is 2.87. The zero-order chi connectivity index (χ0) is 17.9. The van der Waals surface area contributed by atoms with Crippen molar-refractivity contribution in [3.05, 3.63) is 59.7 Å². The molecule has 0 aliphatic heterocycles. The van der Waals surface area contributed by atoms with E-state index in [0.717, 1.165) is 16.8 Å². The van der Waals surface area contributed by atoms with Crippen LogP contribution in [-0.2, 0) is 10.0 Å². The maximum absolute atomic E-state index is 12.4. The van der Waals surface area contributed by atoms with Gasteiger partial charge >= 0.3 is 6.03 Å². The number of nitrogens with one attached hydrogen (secondary N) is 1. The Morgan fingerprint density at radius 1 is 1.17 bits per heavy atom. The van der Waals surface area contributed by atoms with Gasteiger partial charge in [-0.3, -0.25) is 0 Å². The minimum absolute atomic E-state index is 0.0466. The standard InChI is InChI=1S/C17H21N3O3S/c1-12-5-4-6-15(11-12)19-17(21)20(3)13(2)14-7-9-16(10-8-14)24(18,22)23/h4-11,13H,1-3H3,(H,19,21)(H2,18,22,23)/t13-/m1/s1. The van der Waals surface area contributed by atoms with Gasteiger partial charge in [0.25, 0.3) is 0 Å². The topological polar surface area (TPSA) is 92.5 Å². The molecule has 7 heteroatoms. The average Bonchev–Trinajstić information content (AvgIpc) is 2.52. The third-order valence-electron chi connectivity index (χ3n) is 3.86. The molecule has 6 nitrogen and oxygen atoms in total. The smallest absolute Gasteiger partial charge is 0.321 e. The van der Waals surface area contributed by atoms with E-state index in [-0.39, 0.29) is 17.0 Å². The maximum atomic E-state index is 12.4. The van der Waals surface area contributed by atoms with Crippen molar-refractivity contribution in [1.82, 2.24) is 4.90 Å². The number of aryl methyl sites for hydroxylation is 1. The van der Waals surface area contributed by atoms with Crippen molar-refractivity contribution in [1.29, 1.82) is 0 Å². The van der Waals surface area contributed by atoms with E-state index in [1.807, 2.05) is 38.1 Å². The third-order valence-corrected chi connectivity index (χ3v) is 4.79. The Morgan fingerprint density at radius 2 is 1.79 bits per heavy atom. The Morgan fingerprint density at radius 3 is 2.33 bits per heavy atom. The molecule has 2 rings (SSSR count). The quantitative estimate of drug-likeness (QED) is 0.890. The van der Waals surface area contributed by atoms with Crippen molar-refractivity contribution >= 4 is 21.7 Å².